The Hall–Kier alpha value is -3.93. The number of hydrogen-bond acceptors (Lipinski definition) is 7. The van der Waals surface area contributed by atoms with Crippen LogP contribution in [0.5, 0.6) is 11.5 Å². The van der Waals surface area contributed by atoms with Crippen LogP contribution in [-0.2, 0) is 4.74 Å². The second-order valence-corrected chi connectivity index (χ2v) is 9.08. The SMILES string of the molecule is COc1cc(C#Cc2cc3c(N[C@H]4CCN(C(=O)OC(C)(C)C)C4)ncnc3[nH]2)cc(OC)c1. The van der Waals surface area contributed by atoms with Gasteiger partial charge < -0.3 is 29.4 Å². The third kappa shape index (κ3) is 5.52. The fourth-order valence-electron chi connectivity index (χ4n) is 3.71. The lowest BCUT2D eigenvalue weighted by molar-refractivity contribution is 0.0293. The first kappa shape index (κ1) is 23.2. The van der Waals surface area contributed by atoms with E-state index in [2.05, 4.69) is 32.1 Å². The first-order valence-electron chi connectivity index (χ1n) is 11.1. The Balaban J connectivity index is 1.50. The van der Waals surface area contributed by atoms with Gasteiger partial charge in [0, 0.05) is 30.8 Å². The number of ether oxygens (including phenoxy) is 3. The fourth-order valence-corrected chi connectivity index (χ4v) is 3.71. The third-order valence-corrected chi connectivity index (χ3v) is 5.30. The number of benzene rings is 1. The van der Waals surface area contributed by atoms with Crippen molar-refractivity contribution in [3.8, 4) is 23.3 Å². The Kier molecular flexibility index (Phi) is 6.50. The van der Waals surface area contributed by atoms with Crippen LogP contribution in [0, 0.1) is 11.8 Å². The van der Waals surface area contributed by atoms with Gasteiger partial charge in [-0.15, -0.1) is 0 Å². The van der Waals surface area contributed by atoms with Crippen molar-refractivity contribution < 1.29 is 19.0 Å². The number of aromatic nitrogens is 3. The second-order valence-electron chi connectivity index (χ2n) is 9.08. The average Bonchev–Trinajstić information content (AvgIpc) is 3.44. The highest BCUT2D eigenvalue weighted by Gasteiger charge is 2.30. The molecule has 1 aromatic carbocycles. The summed E-state index contributed by atoms with van der Waals surface area (Å²) >= 11 is 0. The van der Waals surface area contributed by atoms with Crippen LogP contribution < -0.4 is 14.8 Å². The van der Waals surface area contributed by atoms with Gasteiger partial charge in [-0.05, 0) is 51.3 Å². The Morgan fingerprint density at radius 2 is 1.85 bits per heavy atom. The standard InChI is InChI=1S/C25H29N5O4/c1-25(2,3)34-24(31)30-9-8-18(14-30)29-23-21-12-17(28-22(21)26-15-27-23)7-6-16-10-19(32-4)13-20(11-16)33-5/h10-13,15,18H,8-9,14H2,1-5H3,(H2,26,27,28,29)/t18-/m0/s1. The molecule has 9 nitrogen and oxygen atoms in total. The molecular formula is C25H29N5O4. The molecule has 178 valence electrons. The molecule has 1 atom stereocenters. The van der Waals surface area contributed by atoms with Crippen LogP contribution in [0.15, 0.2) is 30.6 Å². The van der Waals surface area contributed by atoms with Gasteiger partial charge in [-0.1, -0.05) is 5.92 Å². The maximum Gasteiger partial charge on any atom is 0.410 e. The zero-order chi connectivity index (χ0) is 24.3. The number of methoxy groups -OCH3 is 2. The Bertz CT molecular complexity index is 1230. The predicted molar refractivity (Wildman–Crippen MR) is 129 cm³/mol. The van der Waals surface area contributed by atoms with E-state index in [4.69, 9.17) is 14.2 Å². The third-order valence-electron chi connectivity index (χ3n) is 5.30. The van der Waals surface area contributed by atoms with Crippen LogP contribution in [-0.4, -0.2) is 64.9 Å². The van der Waals surface area contributed by atoms with E-state index in [9.17, 15) is 4.79 Å². The summed E-state index contributed by atoms with van der Waals surface area (Å²) < 4.78 is 16.1. The molecule has 1 aliphatic rings. The van der Waals surface area contributed by atoms with Gasteiger partial charge in [0.25, 0.3) is 0 Å². The van der Waals surface area contributed by atoms with Crippen LogP contribution in [0.4, 0.5) is 10.6 Å². The van der Waals surface area contributed by atoms with Crippen molar-refractivity contribution in [3.63, 3.8) is 0 Å². The van der Waals surface area contributed by atoms with Crippen LogP contribution in [0.3, 0.4) is 0 Å². The molecule has 0 saturated carbocycles. The number of amides is 1. The number of carbonyl (C=O) groups excluding carboxylic acids is 1. The van der Waals surface area contributed by atoms with E-state index in [0.717, 1.165) is 17.4 Å². The maximum atomic E-state index is 12.4. The number of carbonyl (C=O) groups is 1. The van der Waals surface area contributed by atoms with E-state index >= 15 is 0 Å². The lowest BCUT2D eigenvalue weighted by atomic mass is 10.2. The van der Waals surface area contributed by atoms with Gasteiger partial charge in [0.1, 0.15) is 34.9 Å². The molecule has 4 rings (SSSR count). The van der Waals surface area contributed by atoms with Crippen LogP contribution >= 0.6 is 0 Å². The van der Waals surface area contributed by atoms with Crippen molar-refractivity contribution in [2.24, 2.45) is 0 Å². The van der Waals surface area contributed by atoms with Crippen molar-refractivity contribution in [3.05, 3.63) is 41.9 Å². The lowest BCUT2D eigenvalue weighted by Gasteiger charge is -2.24. The molecule has 1 amide bonds. The van der Waals surface area contributed by atoms with Gasteiger partial charge >= 0.3 is 6.09 Å². The number of rotatable bonds is 4. The van der Waals surface area contributed by atoms with E-state index in [1.165, 1.54) is 6.33 Å². The zero-order valence-corrected chi connectivity index (χ0v) is 20.1. The van der Waals surface area contributed by atoms with Crippen LogP contribution in [0.25, 0.3) is 11.0 Å². The topological polar surface area (TPSA) is 102 Å². The summed E-state index contributed by atoms with van der Waals surface area (Å²) in [6, 6.07) is 7.49. The first-order valence-corrected chi connectivity index (χ1v) is 11.1. The quantitative estimate of drug-likeness (QED) is 0.568. The Labute approximate surface area is 198 Å². The molecule has 1 fully saturated rings. The zero-order valence-electron chi connectivity index (χ0n) is 20.1. The summed E-state index contributed by atoms with van der Waals surface area (Å²) in [5.74, 6) is 8.32. The van der Waals surface area contributed by atoms with E-state index in [1.54, 1.807) is 25.2 Å². The largest absolute Gasteiger partial charge is 0.497 e. The molecule has 0 unspecified atom stereocenters. The number of likely N-dealkylation sites (tertiary alicyclic amines) is 1. The van der Waals surface area contributed by atoms with Crippen LogP contribution in [0.1, 0.15) is 38.4 Å². The van der Waals surface area contributed by atoms with Gasteiger partial charge in [-0.25, -0.2) is 14.8 Å². The van der Waals surface area contributed by atoms with Gasteiger partial charge in [-0.3, -0.25) is 0 Å². The van der Waals surface area contributed by atoms with Crippen LogP contribution in [0.2, 0.25) is 0 Å². The summed E-state index contributed by atoms with van der Waals surface area (Å²) in [6.45, 7) is 6.78. The molecule has 0 radical (unpaired) electrons. The summed E-state index contributed by atoms with van der Waals surface area (Å²) in [4.78, 5) is 26.1. The fraction of sp³-hybridized carbons (Fsp3) is 0.400. The Morgan fingerprint density at radius 1 is 1.12 bits per heavy atom. The van der Waals surface area contributed by atoms with Gasteiger partial charge in [-0.2, -0.15) is 0 Å². The molecular weight excluding hydrogens is 434 g/mol. The summed E-state index contributed by atoms with van der Waals surface area (Å²) in [5, 5.41) is 4.29. The monoisotopic (exact) mass is 463 g/mol. The van der Waals surface area contributed by atoms with Crippen molar-refractivity contribution in [2.45, 2.75) is 38.8 Å². The number of hydrogen-bond donors (Lipinski definition) is 2. The smallest absolute Gasteiger partial charge is 0.410 e. The van der Waals surface area contributed by atoms with Gasteiger partial charge in [0.05, 0.1) is 25.3 Å². The van der Waals surface area contributed by atoms with E-state index in [-0.39, 0.29) is 12.1 Å². The predicted octanol–water partition coefficient (Wildman–Crippen LogP) is 3.80. The molecule has 1 aliphatic heterocycles. The van der Waals surface area contributed by atoms with Crippen molar-refractivity contribution in [1.29, 1.82) is 0 Å². The molecule has 2 N–H and O–H groups in total. The molecule has 0 aliphatic carbocycles. The molecule has 3 aromatic rings. The Morgan fingerprint density at radius 3 is 2.53 bits per heavy atom. The summed E-state index contributed by atoms with van der Waals surface area (Å²) in [6.07, 6.45) is 2.02. The molecule has 2 aromatic heterocycles. The van der Waals surface area contributed by atoms with Crippen molar-refractivity contribution in [1.82, 2.24) is 19.9 Å². The van der Waals surface area contributed by atoms with Crippen molar-refractivity contribution in [2.75, 3.05) is 32.6 Å². The normalized spacial score (nSPS) is 15.6. The van der Waals surface area contributed by atoms with Gasteiger partial charge in [0.2, 0.25) is 0 Å². The molecule has 3 heterocycles. The highest BCUT2D eigenvalue weighted by atomic mass is 16.6. The van der Waals surface area contributed by atoms with E-state index < -0.39 is 5.60 Å². The second kappa shape index (κ2) is 9.51. The minimum Gasteiger partial charge on any atom is -0.497 e. The average molecular weight is 464 g/mol. The lowest BCUT2D eigenvalue weighted by Crippen LogP contribution is -2.36. The minimum atomic E-state index is -0.514. The number of fused-ring (bicyclic) bond motifs is 1. The number of nitrogens with one attached hydrogen (secondary N) is 2. The van der Waals surface area contributed by atoms with E-state index in [1.807, 2.05) is 39.0 Å². The van der Waals surface area contributed by atoms with Crippen molar-refractivity contribution >= 4 is 22.9 Å². The highest BCUT2D eigenvalue weighted by Crippen LogP contribution is 2.25. The number of aromatic amines is 1. The number of anilines is 1. The van der Waals surface area contributed by atoms with E-state index in [0.29, 0.717) is 41.7 Å². The summed E-state index contributed by atoms with van der Waals surface area (Å²) in [7, 11) is 3.21. The first-order chi connectivity index (χ1) is 16.2. The molecule has 34 heavy (non-hydrogen) atoms. The van der Waals surface area contributed by atoms with Gasteiger partial charge in [0.15, 0.2) is 0 Å². The highest BCUT2D eigenvalue weighted by molar-refractivity contribution is 5.88. The number of H-pyrrole nitrogens is 1. The molecule has 1 saturated heterocycles. The minimum absolute atomic E-state index is 0.0688. The molecule has 0 bridgehead atoms. The molecule has 0 spiro atoms. The number of nitrogens with zero attached hydrogens (tertiary/aromatic N) is 3. The summed E-state index contributed by atoms with van der Waals surface area (Å²) in [5.41, 5.74) is 1.65. The maximum absolute atomic E-state index is 12.4. The molecule has 9 heteroatoms.